The van der Waals surface area contributed by atoms with Crippen molar-refractivity contribution in [2.75, 3.05) is 39.6 Å². The van der Waals surface area contributed by atoms with Crippen LogP contribution in [0.1, 0.15) is 401 Å². The fourth-order valence-electron chi connectivity index (χ4n) is 11.8. The van der Waals surface area contributed by atoms with E-state index >= 15 is 0 Å². The van der Waals surface area contributed by atoms with Gasteiger partial charge < -0.3 is 33.8 Å². The molecule has 0 aliphatic carbocycles. The first kappa shape index (κ1) is 94.1. The molecule has 0 aromatic carbocycles. The highest BCUT2D eigenvalue weighted by atomic mass is 31.2. The molecular formula is C77H150O17P2. The molecular weight excluding hydrogens is 1260 g/mol. The number of phosphoric ester groups is 2. The highest BCUT2D eigenvalue weighted by Crippen LogP contribution is 2.45. The summed E-state index contributed by atoms with van der Waals surface area (Å²) < 4.78 is 68.5. The first-order valence-electron chi connectivity index (χ1n) is 40.0. The molecule has 0 heterocycles. The molecule has 0 spiro atoms. The van der Waals surface area contributed by atoms with Crippen LogP contribution in [0.2, 0.25) is 0 Å². The molecule has 0 saturated carbocycles. The Labute approximate surface area is 588 Å². The number of aliphatic hydroxyl groups excluding tert-OH is 1. The number of hydrogen-bond acceptors (Lipinski definition) is 15. The molecule has 0 bridgehead atoms. The molecule has 3 unspecified atom stereocenters. The van der Waals surface area contributed by atoms with Crippen molar-refractivity contribution in [3.63, 3.8) is 0 Å². The number of carbonyl (C=O) groups excluding carboxylic acids is 4. The van der Waals surface area contributed by atoms with Crippen LogP contribution in [0.25, 0.3) is 0 Å². The molecule has 0 amide bonds. The van der Waals surface area contributed by atoms with E-state index in [0.29, 0.717) is 25.7 Å². The van der Waals surface area contributed by atoms with Crippen LogP contribution in [0, 0.1) is 11.8 Å². The number of aliphatic hydroxyl groups is 1. The van der Waals surface area contributed by atoms with Crippen molar-refractivity contribution in [1.82, 2.24) is 0 Å². The third kappa shape index (κ3) is 69.2. The predicted octanol–water partition coefficient (Wildman–Crippen LogP) is 22.7. The minimum atomic E-state index is -4.96. The zero-order valence-electron chi connectivity index (χ0n) is 62.7. The quantitative estimate of drug-likeness (QED) is 0.0222. The van der Waals surface area contributed by atoms with E-state index in [1.54, 1.807) is 0 Å². The van der Waals surface area contributed by atoms with Gasteiger partial charge in [0.2, 0.25) is 0 Å². The molecule has 17 nitrogen and oxygen atoms in total. The van der Waals surface area contributed by atoms with Gasteiger partial charge in [0, 0.05) is 25.7 Å². The van der Waals surface area contributed by atoms with Gasteiger partial charge in [0.1, 0.15) is 19.3 Å². The van der Waals surface area contributed by atoms with Crippen LogP contribution in [0.15, 0.2) is 0 Å². The second-order valence-electron chi connectivity index (χ2n) is 28.5. The van der Waals surface area contributed by atoms with Crippen LogP contribution in [-0.2, 0) is 65.4 Å². The van der Waals surface area contributed by atoms with Gasteiger partial charge in [-0.2, -0.15) is 0 Å². The Morgan fingerprint density at radius 3 is 0.792 bits per heavy atom. The Kier molecular flexibility index (Phi) is 67.4. The van der Waals surface area contributed by atoms with Gasteiger partial charge in [0.15, 0.2) is 12.2 Å². The lowest BCUT2D eigenvalue weighted by Crippen LogP contribution is -2.30. The van der Waals surface area contributed by atoms with Crippen molar-refractivity contribution in [1.29, 1.82) is 0 Å². The number of phosphoric acid groups is 2. The summed E-state index contributed by atoms with van der Waals surface area (Å²) in [6.45, 7) is 9.56. The van der Waals surface area contributed by atoms with Crippen molar-refractivity contribution in [3.05, 3.63) is 0 Å². The summed E-state index contributed by atoms with van der Waals surface area (Å²) in [7, 11) is -9.91. The van der Waals surface area contributed by atoms with Crippen molar-refractivity contribution in [2.24, 2.45) is 11.8 Å². The second-order valence-corrected chi connectivity index (χ2v) is 31.4. The van der Waals surface area contributed by atoms with Gasteiger partial charge in [-0.25, -0.2) is 9.13 Å². The second kappa shape index (κ2) is 68.8. The number of carbonyl (C=O) groups is 4. The van der Waals surface area contributed by atoms with E-state index in [0.717, 1.165) is 102 Å². The zero-order valence-corrected chi connectivity index (χ0v) is 64.5. The number of rotatable bonds is 76. The Bertz CT molecular complexity index is 1860. The lowest BCUT2D eigenvalue weighted by molar-refractivity contribution is -0.161. The summed E-state index contributed by atoms with van der Waals surface area (Å²) in [5, 5.41) is 10.6. The Balaban J connectivity index is 5.20. The fourth-order valence-corrected chi connectivity index (χ4v) is 13.4. The van der Waals surface area contributed by atoms with E-state index in [1.807, 2.05) is 0 Å². The van der Waals surface area contributed by atoms with E-state index in [2.05, 4.69) is 41.5 Å². The van der Waals surface area contributed by atoms with Crippen molar-refractivity contribution < 1.29 is 80.2 Å². The molecule has 0 aliphatic heterocycles. The van der Waals surface area contributed by atoms with Crippen LogP contribution in [0.3, 0.4) is 0 Å². The minimum Gasteiger partial charge on any atom is -0.462 e. The maximum absolute atomic E-state index is 13.1. The summed E-state index contributed by atoms with van der Waals surface area (Å²) in [5.74, 6) is -0.592. The summed E-state index contributed by atoms with van der Waals surface area (Å²) >= 11 is 0. The topological polar surface area (TPSA) is 237 Å². The van der Waals surface area contributed by atoms with Crippen LogP contribution < -0.4 is 0 Å². The number of ether oxygens (including phenoxy) is 4. The summed E-state index contributed by atoms with van der Waals surface area (Å²) in [6, 6.07) is 0. The zero-order chi connectivity index (χ0) is 70.7. The summed E-state index contributed by atoms with van der Waals surface area (Å²) in [4.78, 5) is 72.7. The lowest BCUT2D eigenvalue weighted by Gasteiger charge is -2.21. The fraction of sp³-hybridized carbons (Fsp3) is 0.948. The third-order valence-corrected chi connectivity index (χ3v) is 20.2. The maximum Gasteiger partial charge on any atom is 0.472 e. The van der Waals surface area contributed by atoms with Crippen LogP contribution in [0.4, 0.5) is 0 Å². The van der Waals surface area contributed by atoms with E-state index in [9.17, 15) is 43.2 Å². The van der Waals surface area contributed by atoms with Gasteiger partial charge in [-0.3, -0.25) is 37.3 Å². The average molecular weight is 1410 g/mol. The standard InChI is InChI=1S/C77H150O17P2/c1-7-10-12-14-16-18-19-20-21-22-23-24-27-31-34-38-42-49-55-61-76(81)93-72(65-88-75(80)60-54-48-41-37-33-30-28-25-26-29-32-36-39-45-51-57-69(4)5)67-91-95(83,84)89-63-71(78)64-90-96(85,86)92-68-73(66-87-74(79)59-53-47-40-35-17-15-13-11-8-2)94-77(82)62-56-50-44-43-46-52-58-70(6)9-3/h69-73,78H,7-68H2,1-6H3,(H,83,84)(H,85,86)/t70?,71-,72-,73-/m1/s1. The molecule has 0 fully saturated rings. The number of unbranched alkanes of at least 4 members (excludes halogenated alkanes) is 45. The predicted molar refractivity (Wildman–Crippen MR) is 391 cm³/mol. The summed E-state index contributed by atoms with van der Waals surface area (Å²) in [6.07, 6.45) is 57.0. The van der Waals surface area contributed by atoms with E-state index in [1.165, 1.54) is 218 Å². The molecule has 0 radical (unpaired) electrons. The molecule has 0 aliphatic rings. The molecule has 6 atom stereocenters. The Morgan fingerprint density at radius 2 is 0.531 bits per heavy atom. The Morgan fingerprint density at radius 1 is 0.302 bits per heavy atom. The molecule has 570 valence electrons. The third-order valence-electron chi connectivity index (χ3n) is 18.3. The molecule has 19 heteroatoms. The van der Waals surface area contributed by atoms with Crippen molar-refractivity contribution >= 4 is 39.5 Å². The van der Waals surface area contributed by atoms with Gasteiger partial charge >= 0.3 is 39.5 Å². The molecule has 0 saturated heterocycles. The monoisotopic (exact) mass is 1410 g/mol. The van der Waals surface area contributed by atoms with E-state index in [-0.39, 0.29) is 25.7 Å². The lowest BCUT2D eigenvalue weighted by atomic mass is 10.00. The SMILES string of the molecule is CCCCCCCCCCCCCCCCCCCCCC(=O)O[C@H](COC(=O)CCCCCCCCCCCCCCCCCC(C)C)COP(=O)(O)OC[C@@H](O)COP(=O)(O)OC[C@@H](COC(=O)CCCCCCCCCCC)OC(=O)CCCCCCCCC(C)CC. The molecule has 0 aromatic rings. The smallest absolute Gasteiger partial charge is 0.462 e. The molecule has 3 N–H and O–H groups in total. The number of esters is 4. The first-order valence-corrected chi connectivity index (χ1v) is 43.0. The van der Waals surface area contributed by atoms with Gasteiger partial charge in [-0.1, -0.05) is 350 Å². The Hall–Kier alpha value is -1.94. The average Bonchev–Trinajstić information content (AvgIpc) is 1.67. The molecule has 0 rings (SSSR count). The van der Waals surface area contributed by atoms with Crippen LogP contribution in [0.5, 0.6) is 0 Å². The van der Waals surface area contributed by atoms with E-state index in [4.69, 9.17) is 37.0 Å². The minimum absolute atomic E-state index is 0.103. The van der Waals surface area contributed by atoms with Gasteiger partial charge in [0.05, 0.1) is 26.4 Å². The highest BCUT2D eigenvalue weighted by molar-refractivity contribution is 7.47. The van der Waals surface area contributed by atoms with Crippen LogP contribution in [-0.4, -0.2) is 96.7 Å². The number of hydrogen-bond donors (Lipinski definition) is 3. The van der Waals surface area contributed by atoms with Gasteiger partial charge in [0.25, 0.3) is 0 Å². The van der Waals surface area contributed by atoms with Crippen molar-refractivity contribution in [2.45, 2.75) is 419 Å². The first-order chi connectivity index (χ1) is 46.4. The van der Waals surface area contributed by atoms with E-state index < -0.39 is 97.5 Å². The van der Waals surface area contributed by atoms with Gasteiger partial charge in [-0.15, -0.1) is 0 Å². The van der Waals surface area contributed by atoms with Crippen LogP contribution >= 0.6 is 15.6 Å². The summed E-state index contributed by atoms with van der Waals surface area (Å²) in [5.41, 5.74) is 0. The largest absolute Gasteiger partial charge is 0.472 e. The van der Waals surface area contributed by atoms with Crippen molar-refractivity contribution in [3.8, 4) is 0 Å². The highest BCUT2D eigenvalue weighted by Gasteiger charge is 2.30. The molecule has 0 aromatic heterocycles. The maximum atomic E-state index is 13.1. The molecule has 96 heavy (non-hydrogen) atoms. The van der Waals surface area contributed by atoms with Gasteiger partial charge in [-0.05, 0) is 37.5 Å². The normalized spacial score (nSPS) is 14.3.